The van der Waals surface area contributed by atoms with Crippen molar-refractivity contribution in [2.45, 2.75) is 64.6 Å². The molecule has 40 heavy (non-hydrogen) atoms. The van der Waals surface area contributed by atoms with Gasteiger partial charge in [-0.05, 0) is 81.6 Å². The zero-order valence-corrected chi connectivity index (χ0v) is 24.9. The Kier molecular flexibility index (Phi) is 10.3. The summed E-state index contributed by atoms with van der Waals surface area (Å²) in [4.78, 5) is 28.6. The lowest BCUT2D eigenvalue weighted by atomic mass is 10.1. The minimum Gasteiger partial charge on any atom is -0.352 e. The summed E-state index contributed by atoms with van der Waals surface area (Å²) in [5, 5.41) is 3.19. The molecule has 0 aliphatic rings. The zero-order chi connectivity index (χ0) is 29.6. The molecule has 0 fully saturated rings. The first-order valence-corrected chi connectivity index (χ1v) is 14.9. The van der Waals surface area contributed by atoms with Gasteiger partial charge in [0.15, 0.2) is 0 Å². The van der Waals surface area contributed by atoms with Crippen LogP contribution in [0.3, 0.4) is 0 Å². The number of hydrogen-bond donors (Lipinski definition) is 1. The predicted octanol–water partition coefficient (Wildman–Crippen LogP) is 5.62. The van der Waals surface area contributed by atoms with Crippen molar-refractivity contribution in [3.63, 3.8) is 0 Å². The monoisotopic (exact) mass is 587 g/mol. The Labute approximate surface area is 241 Å². The highest BCUT2D eigenvalue weighted by Gasteiger charge is 2.34. The van der Waals surface area contributed by atoms with Crippen molar-refractivity contribution >= 4 is 39.1 Å². The number of sulfonamides is 1. The standard InChI is InChI=1S/C30H35ClFN3O4S/c1-6-27(30(37)33-20(2)3)34(18-23-12-14-24(32)15-13-23)29(36)19-35(28-9-7-8-26(31)22(28)5)40(38,39)25-16-10-21(4)11-17-25/h7-17,20,27H,6,18-19H2,1-5H3,(H,33,37)/t27-/m0/s1. The van der Waals surface area contributed by atoms with E-state index >= 15 is 0 Å². The molecule has 0 heterocycles. The Hall–Kier alpha value is -3.43. The minimum atomic E-state index is -4.21. The SMILES string of the molecule is CC[C@@H](C(=O)NC(C)C)N(Cc1ccc(F)cc1)C(=O)CN(c1cccc(Cl)c1C)S(=O)(=O)c1ccc(C)cc1. The smallest absolute Gasteiger partial charge is 0.264 e. The molecule has 3 aromatic rings. The summed E-state index contributed by atoms with van der Waals surface area (Å²) in [5.74, 6) is -1.39. The first kappa shape index (κ1) is 31.1. The number of carbonyl (C=O) groups excluding carboxylic acids is 2. The van der Waals surface area contributed by atoms with Crippen LogP contribution in [0.25, 0.3) is 0 Å². The summed E-state index contributed by atoms with van der Waals surface area (Å²) < 4.78 is 42.6. The van der Waals surface area contributed by atoms with Gasteiger partial charge in [-0.25, -0.2) is 12.8 Å². The van der Waals surface area contributed by atoms with Crippen molar-refractivity contribution in [3.05, 3.63) is 94.3 Å². The van der Waals surface area contributed by atoms with Crippen LogP contribution in [-0.4, -0.2) is 43.8 Å². The molecule has 7 nitrogen and oxygen atoms in total. The maximum Gasteiger partial charge on any atom is 0.264 e. The average Bonchev–Trinajstić information content (AvgIpc) is 2.89. The third kappa shape index (κ3) is 7.40. The molecule has 0 aliphatic carbocycles. The van der Waals surface area contributed by atoms with E-state index in [4.69, 9.17) is 11.6 Å². The van der Waals surface area contributed by atoms with Crippen LogP contribution in [0.1, 0.15) is 43.9 Å². The molecule has 0 saturated carbocycles. The predicted molar refractivity (Wildman–Crippen MR) is 156 cm³/mol. The molecule has 1 N–H and O–H groups in total. The minimum absolute atomic E-state index is 0.0138. The second-order valence-corrected chi connectivity index (χ2v) is 12.2. The summed E-state index contributed by atoms with van der Waals surface area (Å²) in [6, 6.07) is 15.8. The fourth-order valence-electron chi connectivity index (χ4n) is 4.30. The van der Waals surface area contributed by atoms with E-state index in [1.54, 1.807) is 44.2 Å². The highest BCUT2D eigenvalue weighted by Crippen LogP contribution is 2.31. The molecule has 0 aliphatic heterocycles. The lowest BCUT2D eigenvalue weighted by Crippen LogP contribution is -2.53. The molecule has 0 spiro atoms. The molecule has 3 rings (SSSR count). The maximum atomic E-state index is 14.0. The van der Waals surface area contributed by atoms with Gasteiger partial charge in [0.2, 0.25) is 11.8 Å². The number of amides is 2. The van der Waals surface area contributed by atoms with E-state index in [1.165, 1.54) is 41.3 Å². The molecule has 0 unspecified atom stereocenters. The van der Waals surface area contributed by atoms with Crippen LogP contribution in [-0.2, 0) is 26.2 Å². The van der Waals surface area contributed by atoms with Gasteiger partial charge in [0, 0.05) is 17.6 Å². The fraction of sp³-hybridized carbons (Fsp3) is 0.333. The van der Waals surface area contributed by atoms with Gasteiger partial charge in [0.1, 0.15) is 18.4 Å². The number of anilines is 1. The van der Waals surface area contributed by atoms with Gasteiger partial charge in [0.25, 0.3) is 10.0 Å². The third-order valence-electron chi connectivity index (χ3n) is 6.48. The quantitative estimate of drug-likeness (QED) is 0.315. The molecule has 10 heteroatoms. The summed E-state index contributed by atoms with van der Waals surface area (Å²) in [6.07, 6.45) is 0.284. The molecule has 214 valence electrons. The second-order valence-electron chi connectivity index (χ2n) is 9.94. The summed E-state index contributed by atoms with van der Waals surface area (Å²) in [5.41, 5.74) is 2.22. The van der Waals surface area contributed by atoms with Gasteiger partial charge in [-0.3, -0.25) is 13.9 Å². The molecule has 0 radical (unpaired) electrons. The highest BCUT2D eigenvalue weighted by atomic mass is 35.5. The number of nitrogens with one attached hydrogen (secondary N) is 1. The van der Waals surface area contributed by atoms with Gasteiger partial charge in [-0.1, -0.05) is 54.4 Å². The van der Waals surface area contributed by atoms with Gasteiger partial charge in [0.05, 0.1) is 10.6 Å². The molecular weight excluding hydrogens is 553 g/mol. The van der Waals surface area contributed by atoms with E-state index in [0.29, 0.717) is 16.1 Å². The van der Waals surface area contributed by atoms with Crippen LogP contribution in [0.2, 0.25) is 5.02 Å². The van der Waals surface area contributed by atoms with E-state index in [0.717, 1.165) is 9.87 Å². The fourth-order valence-corrected chi connectivity index (χ4v) is 5.94. The van der Waals surface area contributed by atoms with E-state index in [1.807, 2.05) is 20.8 Å². The highest BCUT2D eigenvalue weighted by molar-refractivity contribution is 7.92. The van der Waals surface area contributed by atoms with Crippen LogP contribution in [0, 0.1) is 19.7 Å². The number of aryl methyl sites for hydroxylation is 1. The molecule has 0 bridgehead atoms. The average molecular weight is 588 g/mol. The molecule has 2 amide bonds. The molecule has 0 aromatic heterocycles. The summed E-state index contributed by atoms with van der Waals surface area (Å²) in [7, 11) is -4.21. The molecule has 0 saturated heterocycles. The van der Waals surface area contributed by atoms with Crippen molar-refractivity contribution in [2.24, 2.45) is 0 Å². The number of nitrogens with zero attached hydrogens (tertiary/aromatic N) is 2. The Bertz CT molecular complexity index is 1440. The van der Waals surface area contributed by atoms with Crippen LogP contribution >= 0.6 is 11.6 Å². The van der Waals surface area contributed by atoms with Crippen LogP contribution in [0.4, 0.5) is 10.1 Å². The van der Waals surface area contributed by atoms with Crippen molar-refractivity contribution in [1.82, 2.24) is 10.2 Å². The Morgan fingerprint density at radius 3 is 2.17 bits per heavy atom. The van der Waals surface area contributed by atoms with Crippen LogP contribution in [0.5, 0.6) is 0 Å². The molecule has 1 atom stereocenters. The van der Waals surface area contributed by atoms with Gasteiger partial charge in [-0.15, -0.1) is 0 Å². The third-order valence-corrected chi connectivity index (χ3v) is 8.66. The Balaban J connectivity index is 2.10. The molecular formula is C30H35ClFN3O4S. The topological polar surface area (TPSA) is 86.8 Å². The number of carbonyl (C=O) groups is 2. The van der Waals surface area contributed by atoms with Crippen molar-refractivity contribution in [2.75, 3.05) is 10.8 Å². The van der Waals surface area contributed by atoms with E-state index < -0.39 is 34.3 Å². The zero-order valence-electron chi connectivity index (χ0n) is 23.3. The number of hydrogen-bond acceptors (Lipinski definition) is 4. The van der Waals surface area contributed by atoms with Crippen molar-refractivity contribution in [1.29, 1.82) is 0 Å². The summed E-state index contributed by atoms with van der Waals surface area (Å²) >= 11 is 6.36. The van der Waals surface area contributed by atoms with Crippen LogP contribution in [0.15, 0.2) is 71.6 Å². The lowest BCUT2D eigenvalue weighted by Gasteiger charge is -2.34. The Morgan fingerprint density at radius 1 is 0.975 bits per heavy atom. The number of halogens is 2. The normalized spacial score (nSPS) is 12.2. The lowest BCUT2D eigenvalue weighted by molar-refractivity contribution is -0.140. The second kappa shape index (κ2) is 13.3. The van der Waals surface area contributed by atoms with E-state index in [-0.39, 0.29) is 35.5 Å². The number of benzene rings is 3. The summed E-state index contributed by atoms with van der Waals surface area (Å²) in [6.45, 7) is 8.33. The van der Waals surface area contributed by atoms with Gasteiger partial charge >= 0.3 is 0 Å². The van der Waals surface area contributed by atoms with Crippen molar-refractivity contribution in [3.8, 4) is 0 Å². The van der Waals surface area contributed by atoms with E-state index in [2.05, 4.69) is 5.32 Å². The first-order chi connectivity index (χ1) is 18.8. The maximum absolute atomic E-state index is 14.0. The first-order valence-electron chi connectivity index (χ1n) is 13.0. The van der Waals surface area contributed by atoms with Crippen LogP contribution < -0.4 is 9.62 Å². The number of rotatable bonds is 11. The largest absolute Gasteiger partial charge is 0.352 e. The van der Waals surface area contributed by atoms with Gasteiger partial charge < -0.3 is 10.2 Å². The van der Waals surface area contributed by atoms with E-state index in [9.17, 15) is 22.4 Å². The van der Waals surface area contributed by atoms with Gasteiger partial charge in [-0.2, -0.15) is 0 Å². The Morgan fingerprint density at radius 2 is 1.60 bits per heavy atom. The molecule has 3 aromatic carbocycles. The van der Waals surface area contributed by atoms with Crippen molar-refractivity contribution < 1.29 is 22.4 Å².